The molecule has 0 saturated carbocycles. The van der Waals surface area contributed by atoms with Crippen LogP contribution in [-0.4, -0.2) is 40.1 Å². The molecule has 0 bridgehead atoms. The van der Waals surface area contributed by atoms with E-state index in [0.29, 0.717) is 6.42 Å². The highest BCUT2D eigenvalue weighted by molar-refractivity contribution is 5.77. The van der Waals surface area contributed by atoms with Crippen molar-refractivity contribution >= 4 is 11.6 Å². The molecular formula is C22H23N3O2. The number of rotatable bonds is 2. The number of anilines is 1. The maximum Gasteiger partial charge on any atom is 0.222 e. The normalized spacial score (nSPS) is 22.9. The zero-order valence-electron chi connectivity index (χ0n) is 15.4. The molecule has 1 aromatic heterocycles. The summed E-state index contributed by atoms with van der Waals surface area (Å²) in [5.41, 5.74) is 3.87. The van der Waals surface area contributed by atoms with E-state index in [1.807, 2.05) is 36.1 Å². The van der Waals surface area contributed by atoms with Gasteiger partial charge in [0, 0.05) is 48.1 Å². The van der Waals surface area contributed by atoms with Crippen LogP contribution in [0.25, 0.3) is 0 Å². The average Bonchev–Trinajstić information content (AvgIpc) is 3.17. The quantitative estimate of drug-likeness (QED) is 0.807. The minimum absolute atomic E-state index is 0.00555. The monoisotopic (exact) mass is 361 g/mol. The largest absolute Gasteiger partial charge is 0.394 e. The minimum Gasteiger partial charge on any atom is -0.394 e. The van der Waals surface area contributed by atoms with Crippen LogP contribution in [0.15, 0.2) is 42.7 Å². The van der Waals surface area contributed by atoms with Crippen molar-refractivity contribution in [3.63, 3.8) is 0 Å². The van der Waals surface area contributed by atoms with Gasteiger partial charge in [-0.3, -0.25) is 9.78 Å². The van der Waals surface area contributed by atoms with Crippen LogP contribution in [0, 0.1) is 17.8 Å². The van der Waals surface area contributed by atoms with Crippen molar-refractivity contribution < 1.29 is 9.90 Å². The fraction of sp³-hybridized carbons (Fsp3) is 0.364. The van der Waals surface area contributed by atoms with Crippen molar-refractivity contribution in [2.75, 3.05) is 18.5 Å². The van der Waals surface area contributed by atoms with Crippen LogP contribution in [-0.2, 0) is 4.79 Å². The van der Waals surface area contributed by atoms with Gasteiger partial charge in [-0.1, -0.05) is 18.8 Å². The average molecular weight is 361 g/mol. The first-order valence-electron chi connectivity index (χ1n) is 9.44. The highest BCUT2D eigenvalue weighted by Gasteiger charge is 2.45. The first kappa shape index (κ1) is 17.6. The molecule has 1 saturated heterocycles. The molecule has 4 rings (SSSR count). The fourth-order valence-corrected chi connectivity index (χ4v) is 4.20. The molecule has 138 valence electrons. The fourth-order valence-electron chi connectivity index (χ4n) is 4.20. The van der Waals surface area contributed by atoms with Crippen LogP contribution in [0.2, 0.25) is 0 Å². The summed E-state index contributed by atoms with van der Waals surface area (Å²) in [5, 5.41) is 13.3. The number of benzene rings is 1. The van der Waals surface area contributed by atoms with Crippen LogP contribution in [0.3, 0.4) is 0 Å². The number of hydrogen-bond acceptors (Lipinski definition) is 4. The predicted octanol–water partition coefficient (Wildman–Crippen LogP) is 2.57. The maximum atomic E-state index is 12.5. The molecule has 5 heteroatoms. The van der Waals surface area contributed by atoms with Gasteiger partial charge in [0.1, 0.15) is 0 Å². The van der Waals surface area contributed by atoms with Gasteiger partial charge in [0.2, 0.25) is 5.91 Å². The third kappa shape index (κ3) is 3.29. The Morgan fingerprint density at radius 1 is 1.33 bits per heavy atom. The van der Waals surface area contributed by atoms with E-state index in [9.17, 15) is 9.90 Å². The number of aliphatic hydroxyl groups is 1. The Labute approximate surface area is 159 Å². The number of pyridine rings is 1. The van der Waals surface area contributed by atoms with Gasteiger partial charge < -0.3 is 15.3 Å². The van der Waals surface area contributed by atoms with Crippen molar-refractivity contribution in [1.82, 2.24) is 9.88 Å². The second kappa shape index (κ2) is 7.42. The Balaban J connectivity index is 1.72. The third-order valence-corrected chi connectivity index (χ3v) is 5.50. The number of carbonyl (C=O) groups is 1. The molecule has 2 N–H and O–H groups in total. The number of nitrogens with one attached hydrogen (secondary N) is 1. The first-order chi connectivity index (χ1) is 13.2. The van der Waals surface area contributed by atoms with Gasteiger partial charge in [0.25, 0.3) is 0 Å². The molecule has 0 unspecified atom stereocenters. The highest BCUT2D eigenvalue weighted by Crippen LogP contribution is 2.46. The van der Waals surface area contributed by atoms with Crippen molar-refractivity contribution in [2.45, 2.75) is 31.8 Å². The Bertz CT molecular complexity index is 901. The number of amides is 1. The summed E-state index contributed by atoms with van der Waals surface area (Å²) in [4.78, 5) is 18.5. The van der Waals surface area contributed by atoms with Gasteiger partial charge in [-0.2, -0.15) is 0 Å². The van der Waals surface area contributed by atoms with Crippen molar-refractivity contribution in [3.05, 3.63) is 59.4 Å². The molecule has 2 aliphatic rings. The number of fused-ring (bicyclic) bond motifs is 3. The molecule has 27 heavy (non-hydrogen) atoms. The molecule has 0 spiro atoms. The van der Waals surface area contributed by atoms with Crippen molar-refractivity contribution in [1.29, 1.82) is 0 Å². The molecule has 2 aliphatic heterocycles. The lowest BCUT2D eigenvalue weighted by atomic mass is 9.82. The van der Waals surface area contributed by atoms with Gasteiger partial charge >= 0.3 is 0 Å². The lowest BCUT2D eigenvalue weighted by molar-refractivity contribution is -0.132. The summed E-state index contributed by atoms with van der Waals surface area (Å²) in [5.74, 6) is 6.73. The van der Waals surface area contributed by atoms with Crippen LogP contribution < -0.4 is 5.32 Å². The standard InChI is InChI=1S/C22H23N3O2/c1-2-21(27)25-11-9-17-20(14-26)24-19-8-7-15(12-18(19)22(17)25)5-6-16-4-3-10-23-13-16/h3-4,7-8,10,12-13,17,20,22,24,26H,2,9,11,14H2,1H3/t17-,20-,22-/m1/s1. The van der Waals surface area contributed by atoms with Crippen LogP contribution in [0.5, 0.6) is 0 Å². The lowest BCUT2D eigenvalue weighted by Gasteiger charge is -2.39. The van der Waals surface area contributed by atoms with Gasteiger partial charge in [0.05, 0.1) is 18.7 Å². The summed E-state index contributed by atoms with van der Waals surface area (Å²) in [7, 11) is 0. The van der Waals surface area contributed by atoms with Crippen LogP contribution in [0.1, 0.15) is 42.5 Å². The molecule has 1 fully saturated rings. The smallest absolute Gasteiger partial charge is 0.222 e. The number of aliphatic hydroxyl groups excluding tert-OH is 1. The summed E-state index contributed by atoms with van der Waals surface area (Å²) >= 11 is 0. The van der Waals surface area contributed by atoms with Crippen LogP contribution in [0.4, 0.5) is 5.69 Å². The second-order valence-corrected chi connectivity index (χ2v) is 7.07. The molecule has 3 atom stereocenters. The topological polar surface area (TPSA) is 65.5 Å². The minimum atomic E-state index is -0.0236. The summed E-state index contributed by atoms with van der Waals surface area (Å²) in [6.45, 7) is 2.71. The van der Waals surface area contributed by atoms with Crippen LogP contribution >= 0.6 is 0 Å². The highest BCUT2D eigenvalue weighted by atomic mass is 16.3. The molecule has 5 nitrogen and oxygen atoms in total. The third-order valence-electron chi connectivity index (χ3n) is 5.50. The Morgan fingerprint density at radius 3 is 2.93 bits per heavy atom. The van der Waals surface area contributed by atoms with Gasteiger partial charge in [-0.25, -0.2) is 0 Å². The molecule has 0 radical (unpaired) electrons. The Morgan fingerprint density at radius 2 is 2.19 bits per heavy atom. The predicted molar refractivity (Wildman–Crippen MR) is 104 cm³/mol. The van der Waals surface area contributed by atoms with Gasteiger partial charge in [-0.15, -0.1) is 0 Å². The zero-order chi connectivity index (χ0) is 18.8. The first-order valence-corrected chi connectivity index (χ1v) is 9.44. The van der Waals surface area contributed by atoms with Gasteiger partial charge in [-0.05, 0) is 42.3 Å². The van der Waals surface area contributed by atoms with E-state index >= 15 is 0 Å². The zero-order valence-corrected chi connectivity index (χ0v) is 15.4. The maximum absolute atomic E-state index is 12.5. The van der Waals surface area contributed by atoms with Crippen molar-refractivity contribution in [3.8, 4) is 11.8 Å². The summed E-state index contributed by atoms with van der Waals surface area (Å²) < 4.78 is 0. The number of likely N-dealkylation sites (tertiary alicyclic amines) is 1. The molecule has 1 amide bonds. The van der Waals surface area contributed by atoms with Gasteiger partial charge in [0.15, 0.2) is 0 Å². The number of hydrogen-bond donors (Lipinski definition) is 2. The van der Waals surface area contributed by atoms with E-state index < -0.39 is 0 Å². The molecule has 3 heterocycles. The van der Waals surface area contributed by atoms with E-state index in [0.717, 1.165) is 35.3 Å². The molecule has 2 aromatic rings. The molecular weight excluding hydrogens is 338 g/mol. The number of nitrogens with zero attached hydrogens (tertiary/aromatic N) is 2. The number of carbonyl (C=O) groups excluding carboxylic acids is 1. The van der Waals surface area contributed by atoms with Crippen molar-refractivity contribution in [2.24, 2.45) is 5.92 Å². The summed E-state index contributed by atoms with van der Waals surface area (Å²) in [6, 6.07) is 9.85. The van der Waals surface area contributed by atoms with E-state index in [2.05, 4.69) is 28.2 Å². The molecule has 1 aromatic carbocycles. The Kier molecular flexibility index (Phi) is 4.83. The molecule has 0 aliphatic carbocycles. The number of aromatic nitrogens is 1. The van der Waals surface area contributed by atoms with E-state index in [-0.39, 0.29) is 30.5 Å². The van der Waals surface area contributed by atoms with E-state index in [1.54, 1.807) is 12.4 Å². The second-order valence-electron chi connectivity index (χ2n) is 7.07. The lowest BCUT2D eigenvalue weighted by Crippen LogP contribution is -2.42. The van der Waals surface area contributed by atoms with E-state index in [4.69, 9.17) is 0 Å². The Hall–Kier alpha value is -2.84. The summed E-state index contributed by atoms with van der Waals surface area (Å²) in [6.07, 6.45) is 4.87. The SMILES string of the molecule is CCC(=O)N1CC[C@@H]2[C@@H](CO)Nc3ccc(C#Cc4cccnc4)cc3[C@@H]21. The van der Waals surface area contributed by atoms with E-state index in [1.165, 1.54) is 0 Å².